The molecule has 0 unspecified atom stereocenters. The van der Waals surface area contributed by atoms with Crippen molar-refractivity contribution in [2.24, 2.45) is 0 Å². The SMILES string of the molecule is CC(C)S(=O)(=O)N1CC[C@](CCO)(Nc2cc(-c3cnc(N)nc3)nc(N3CCOCC3)n2)C1. The smallest absolute Gasteiger partial charge is 0.228 e. The number of rotatable bonds is 8. The molecule has 2 aromatic heterocycles. The number of sulfonamides is 1. The van der Waals surface area contributed by atoms with Gasteiger partial charge in [-0.1, -0.05) is 0 Å². The number of morpholine rings is 1. The summed E-state index contributed by atoms with van der Waals surface area (Å²) in [5.74, 6) is 1.24. The number of nitrogens with two attached hydrogens (primary N) is 1. The van der Waals surface area contributed by atoms with Crippen molar-refractivity contribution in [1.82, 2.24) is 24.2 Å². The molecule has 1 atom stereocenters. The highest BCUT2D eigenvalue weighted by atomic mass is 32.2. The van der Waals surface area contributed by atoms with E-state index in [2.05, 4.69) is 15.3 Å². The average molecular weight is 493 g/mol. The van der Waals surface area contributed by atoms with Crippen LogP contribution in [0.1, 0.15) is 26.7 Å². The van der Waals surface area contributed by atoms with Crippen LogP contribution in [0.2, 0.25) is 0 Å². The second-order valence-electron chi connectivity index (χ2n) is 8.92. The Hall–Kier alpha value is -2.61. The van der Waals surface area contributed by atoms with Crippen LogP contribution in [-0.4, -0.2) is 94.6 Å². The summed E-state index contributed by atoms with van der Waals surface area (Å²) in [6.07, 6.45) is 4.14. The molecule has 186 valence electrons. The van der Waals surface area contributed by atoms with E-state index in [-0.39, 0.29) is 19.1 Å². The molecule has 0 radical (unpaired) electrons. The van der Waals surface area contributed by atoms with Crippen LogP contribution in [0.5, 0.6) is 0 Å². The number of ether oxygens (including phenoxy) is 1. The highest BCUT2D eigenvalue weighted by molar-refractivity contribution is 7.89. The molecule has 0 spiro atoms. The molecule has 34 heavy (non-hydrogen) atoms. The Bertz CT molecular complexity index is 1090. The number of nitrogens with zero attached hydrogens (tertiary/aromatic N) is 6. The second kappa shape index (κ2) is 9.94. The standard InChI is InChI=1S/C21H32N8O4S/c1-15(2)34(31,32)29-5-3-21(14-29,4-8-30)27-18-11-17(16-12-23-19(22)24-13-16)25-20(26-18)28-6-9-33-10-7-28/h11-13,15,30H,3-10,14H2,1-2H3,(H2,22,23,24)(H,25,26,27)/t21-/m1/s1. The molecule has 13 heteroatoms. The number of nitrogens with one attached hydrogen (secondary N) is 1. The lowest BCUT2D eigenvalue weighted by Crippen LogP contribution is -2.45. The summed E-state index contributed by atoms with van der Waals surface area (Å²) in [6, 6.07) is 1.79. The summed E-state index contributed by atoms with van der Waals surface area (Å²) in [7, 11) is -3.41. The van der Waals surface area contributed by atoms with Gasteiger partial charge in [-0.3, -0.25) is 0 Å². The normalized spacial score (nSPS) is 21.8. The van der Waals surface area contributed by atoms with Crippen LogP contribution in [0, 0.1) is 0 Å². The summed E-state index contributed by atoms with van der Waals surface area (Å²) in [5, 5.41) is 12.7. The van der Waals surface area contributed by atoms with Crippen molar-refractivity contribution in [2.45, 2.75) is 37.5 Å². The fourth-order valence-electron chi connectivity index (χ4n) is 4.23. The van der Waals surface area contributed by atoms with Crippen LogP contribution in [0.25, 0.3) is 11.3 Å². The number of aromatic nitrogens is 4. The molecule has 4 rings (SSSR count). The summed E-state index contributed by atoms with van der Waals surface area (Å²) in [6.45, 7) is 6.38. The number of hydrogen-bond acceptors (Lipinski definition) is 11. The van der Waals surface area contributed by atoms with Gasteiger partial charge in [0.2, 0.25) is 21.9 Å². The summed E-state index contributed by atoms with van der Waals surface area (Å²) in [5.41, 5.74) is 6.29. The first-order valence-electron chi connectivity index (χ1n) is 11.4. The first-order valence-corrected chi connectivity index (χ1v) is 12.9. The molecule has 4 heterocycles. The van der Waals surface area contributed by atoms with Crippen LogP contribution in [0.15, 0.2) is 18.5 Å². The molecule has 2 aromatic rings. The lowest BCUT2D eigenvalue weighted by Gasteiger charge is -2.32. The Morgan fingerprint density at radius 2 is 1.91 bits per heavy atom. The van der Waals surface area contributed by atoms with E-state index in [4.69, 9.17) is 20.4 Å². The van der Waals surface area contributed by atoms with Crippen molar-refractivity contribution in [3.8, 4) is 11.3 Å². The molecule has 0 aromatic carbocycles. The van der Waals surface area contributed by atoms with E-state index in [9.17, 15) is 13.5 Å². The van der Waals surface area contributed by atoms with Crippen LogP contribution in [-0.2, 0) is 14.8 Å². The Morgan fingerprint density at radius 3 is 2.56 bits per heavy atom. The van der Waals surface area contributed by atoms with Gasteiger partial charge in [-0.15, -0.1) is 0 Å². The summed E-state index contributed by atoms with van der Waals surface area (Å²) in [4.78, 5) is 19.7. The number of nitrogen functional groups attached to an aromatic ring is 1. The van der Waals surface area contributed by atoms with Gasteiger partial charge in [-0.05, 0) is 26.7 Å². The maximum Gasteiger partial charge on any atom is 0.228 e. The zero-order valence-electron chi connectivity index (χ0n) is 19.5. The van der Waals surface area contributed by atoms with Crippen molar-refractivity contribution in [3.05, 3.63) is 18.5 Å². The van der Waals surface area contributed by atoms with Crippen LogP contribution in [0.3, 0.4) is 0 Å². The quantitative estimate of drug-likeness (QED) is 0.466. The van der Waals surface area contributed by atoms with Crippen LogP contribution < -0.4 is 16.0 Å². The van der Waals surface area contributed by atoms with Gasteiger partial charge in [-0.25, -0.2) is 23.4 Å². The lowest BCUT2D eigenvalue weighted by molar-refractivity contribution is 0.122. The topological polar surface area (TPSA) is 160 Å². The summed E-state index contributed by atoms with van der Waals surface area (Å²) < 4.78 is 32.5. The monoisotopic (exact) mass is 492 g/mol. The van der Waals surface area contributed by atoms with Gasteiger partial charge in [0.05, 0.1) is 29.7 Å². The minimum Gasteiger partial charge on any atom is -0.396 e. The zero-order valence-corrected chi connectivity index (χ0v) is 20.3. The molecule has 2 aliphatic heterocycles. The fraction of sp³-hybridized carbons (Fsp3) is 0.619. The predicted octanol–water partition coefficient (Wildman–Crippen LogP) is 0.329. The van der Waals surface area contributed by atoms with E-state index >= 15 is 0 Å². The van der Waals surface area contributed by atoms with Gasteiger partial charge in [0.1, 0.15) is 5.82 Å². The first-order chi connectivity index (χ1) is 16.2. The third-order valence-corrected chi connectivity index (χ3v) is 8.46. The van der Waals surface area contributed by atoms with E-state index in [1.807, 2.05) is 4.90 Å². The molecule has 0 saturated carbocycles. The molecule has 4 N–H and O–H groups in total. The van der Waals surface area contributed by atoms with Gasteiger partial charge in [-0.2, -0.15) is 9.29 Å². The van der Waals surface area contributed by atoms with Crippen molar-refractivity contribution in [1.29, 1.82) is 0 Å². The number of anilines is 3. The van der Waals surface area contributed by atoms with Gasteiger partial charge >= 0.3 is 0 Å². The highest BCUT2D eigenvalue weighted by Crippen LogP contribution is 2.33. The van der Waals surface area contributed by atoms with Crippen molar-refractivity contribution in [2.75, 3.05) is 62.0 Å². The van der Waals surface area contributed by atoms with Gasteiger partial charge in [0.15, 0.2) is 0 Å². The van der Waals surface area contributed by atoms with Gasteiger partial charge < -0.3 is 25.8 Å². The molecule has 2 fully saturated rings. The molecule has 0 bridgehead atoms. The van der Waals surface area contributed by atoms with Crippen molar-refractivity contribution in [3.63, 3.8) is 0 Å². The number of aliphatic hydroxyl groups excluding tert-OH is 1. The zero-order chi connectivity index (χ0) is 24.3. The Balaban J connectivity index is 1.68. The largest absolute Gasteiger partial charge is 0.396 e. The van der Waals surface area contributed by atoms with Crippen molar-refractivity contribution < 1.29 is 18.3 Å². The van der Waals surface area contributed by atoms with E-state index in [1.165, 1.54) is 4.31 Å². The highest BCUT2D eigenvalue weighted by Gasteiger charge is 2.43. The minimum absolute atomic E-state index is 0.0807. The van der Waals surface area contributed by atoms with Gasteiger partial charge in [0, 0.05) is 56.8 Å². The van der Waals surface area contributed by atoms with E-state index in [1.54, 1.807) is 32.3 Å². The molecule has 0 aliphatic carbocycles. The molecule has 2 saturated heterocycles. The fourth-order valence-corrected chi connectivity index (χ4v) is 5.59. The molecular formula is C21H32N8O4S. The molecule has 2 aliphatic rings. The Labute approximate surface area is 199 Å². The maximum atomic E-state index is 12.8. The van der Waals surface area contributed by atoms with E-state index < -0.39 is 20.8 Å². The maximum absolute atomic E-state index is 12.8. The van der Waals surface area contributed by atoms with Crippen LogP contribution in [0.4, 0.5) is 17.7 Å². The average Bonchev–Trinajstić information content (AvgIpc) is 3.24. The Kier molecular flexibility index (Phi) is 7.17. The molecule has 0 amide bonds. The van der Waals surface area contributed by atoms with Gasteiger partial charge in [0.25, 0.3) is 0 Å². The van der Waals surface area contributed by atoms with Crippen molar-refractivity contribution >= 4 is 27.7 Å². The van der Waals surface area contributed by atoms with E-state index in [0.717, 1.165) is 0 Å². The first kappa shape index (κ1) is 24.5. The third-order valence-electron chi connectivity index (χ3n) is 6.23. The Morgan fingerprint density at radius 1 is 1.21 bits per heavy atom. The number of hydrogen-bond donors (Lipinski definition) is 3. The number of aliphatic hydroxyl groups is 1. The third kappa shape index (κ3) is 5.22. The van der Waals surface area contributed by atoms with E-state index in [0.29, 0.717) is 68.7 Å². The lowest BCUT2D eigenvalue weighted by atomic mass is 9.94. The second-order valence-corrected chi connectivity index (χ2v) is 11.4. The van der Waals surface area contributed by atoms with Crippen LogP contribution >= 0.6 is 0 Å². The predicted molar refractivity (Wildman–Crippen MR) is 129 cm³/mol. The molecule has 12 nitrogen and oxygen atoms in total. The molecular weight excluding hydrogens is 460 g/mol. The summed E-state index contributed by atoms with van der Waals surface area (Å²) >= 11 is 0. The minimum atomic E-state index is -3.41.